The number of carbonyl (C=O) groups is 2. The van der Waals surface area contributed by atoms with Gasteiger partial charge in [-0.1, -0.05) is 0 Å². The van der Waals surface area contributed by atoms with Crippen LogP contribution in [0, 0.1) is 0 Å². The van der Waals surface area contributed by atoms with Crippen molar-refractivity contribution in [2.75, 3.05) is 19.6 Å². The van der Waals surface area contributed by atoms with Gasteiger partial charge >= 0.3 is 6.09 Å². The summed E-state index contributed by atoms with van der Waals surface area (Å²) < 4.78 is 5.41. The van der Waals surface area contributed by atoms with Gasteiger partial charge in [0.05, 0.1) is 12.1 Å². The predicted octanol–water partition coefficient (Wildman–Crippen LogP) is 0.555. The molecule has 0 aromatic carbocycles. The largest absolute Gasteiger partial charge is 0.444 e. The first kappa shape index (κ1) is 14.1. The van der Waals surface area contributed by atoms with Crippen LogP contribution < -0.4 is 5.73 Å². The summed E-state index contributed by atoms with van der Waals surface area (Å²) in [4.78, 5) is 26.9. The van der Waals surface area contributed by atoms with Crippen LogP contribution in [-0.2, 0) is 9.53 Å². The van der Waals surface area contributed by atoms with Crippen molar-refractivity contribution in [1.29, 1.82) is 0 Å². The molecule has 6 nitrogen and oxygen atoms in total. The Morgan fingerprint density at radius 1 is 1.26 bits per heavy atom. The van der Waals surface area contributed by atoms with E-state index in [4.69, 9.17) is 10.5 Å². The summed E-state index contributed by atoms with van der Waals surface area (Å²) in [5.41, 5.74) is 4.70. The second-order valence-electron chi connectivity index (χ2n) is 6.41. The average Bonchev–Trinajstić information content (AvgIpc) is 2.23. The number of carbonyl (C=O) groups excluding carboxylic acids is 2. The predicted molar refractivity (Wildman–Crippen MR) is 70.5 cm³/mol. The van der Waals surface area contributed by atoms with Gasteiger partial charge in [-0.2, -0.15) is 0 Å². The van der Waals surface area contributed by atoms with Crippen LogP contribution in [0.15, 0.2) is 0 Å². The number of primary amides is 1. The number of fused-ring (bicyclic) bond motifs is 2. The number of nitrogens with two attached hydrogens (primary N) is 1. The van der Waals surface area contributed by atoms with Gasteiger partial charge in [0.15, 0.2) is 0 Å². The first-order valence-electron chi connectivity index (χ1n) is 6.78. The van der Waals surface area contributed by atoms with Gasteiger partial charge in [0.1, 0.15) is 5.60 Å². The van der Waals surface area contributed by atoms with E-state index in [0.29, 0.717) is 13.0 Å². The van der Waals surface area contributed by atoms with E-state index >= 15 is 0 Å². The average molecular weight is 269 g/mol. The summed E-state index contributed by atoms with van der Waals surface area (Å²) in [7, 11) is 0. The van der Waals surface area contributed by atoms with Crippen molar-refractivity contribution in [3.63, 3.8) is 0 Å². The van der Waals surface area contributed by atoms with Gasteiger partial charge in [-0.3, -0.25) is 14.6 Å². The Kier molecular flexibility index (Phi) is 3.71. The van der Waals surface area contributed by atoms with Crippen LogP contribution in [0.25, 0.3) is 0 Å². The fraction of sp³-hybridized carbons (Fsp3) is 0.846. The Labute approximate surface area is 113 Å². The molecule has 2 atom stereocenters. The SMILES string of the molecule is CC(C)(C)OC(=O)N1C2CC1CN(CCC(N)=O)C2. The molecule has 2 N–H and O–H groups in total. The van der Waals surface area contributed by atoms with Gasteiger partial charge in [-0.25, -0.2) is 4.79 Å². The topological polar surface area (TPSA) is 75.9 Å². The number of piperidine rings is 1. The highest BCUT2D eigenvalue weighted by Crippen LogP contribution is 2.33. The molecule has 3 aliphatic heterocycles. The van der Waals surface area contributed by atoms with Crippen molar-refractivity contribution >= 4 is 12.0 Å². The molecule has 3 heterocycles. The lowest BCUT2D eigenvalue weighted by molar-refractivity contribution is -0.119. The summed E-state index contributed by atoms with van der Waals surface area (Å²) in [6, 6.07) is 0.447. The van der Waals surface area contributed by atoms with Crippen molar-refractivity contribution in [3.05, 3.63) is 0 Å². The smallest absolute Gasteiger partial charge is 0.410 e. The van der Waals surface area contributed by atoms with Gasteiger partial charge in [-0.05, 0) is 27.2 Å². The molecule has 19 heavy (non-hydrogen) atoms. The van der Waals surface area contributed by atoms with E-state index in [-0.39, 0.29) is 24.1 Å². The van der Waals surface area contributed by atoms with E-state index in [9.17, 15) is 9.59 Å². The second-order valence-corrected chi connectivity index (χ2v) is 6.41. The van der Waals surface area contributed by atoms with Crippen LogP contribution in [0.4, 0.5) is 4.79 Å². The quantitative estimate of drug-likeness (QED) is 0.812. The number of rotatable bonds is 3. The van der Waals surface area contributed by atoms with Gasteiger partial charge in [-0.15, -0.1) is 0 Å². The fourth-order valence-electron chi connectivity index (χ4n) is 2.76. The van der Waals surface area contributed by atoms with Crippen LogP contribution in [0.3, 0.4) is 0 Å². The van der Waals surface area contributed by atoms with E-state index < -0.39 is 5.60 Å². The minimum atomic E-state index is -0.452. The van der Waals surface area contributed by atoms with E-state index in [1.807, 2.05) is 25.7 Å². The molecule has 0 aromatic rings. The highest BCUT2D eigenvalue weighted by molar-refractivity contribution is 5.74. The third-order valence-corrected chi connectivity index (χ3v) is 3.55. The lowest BCUT2D eigenvalue weighted by atomic mass is 9.88. The molecule has 0 saturated carbocycles. The summed E-state index contributed by atoms with van der Waals surface area (Å²) in [6.45, 7) is 7.93. The summed E-state index contributed by atoms with van der Waals surface area (Å²) in [5, 5.41) is 0. The van der Waals surface area contributed by atoms with Crippen LogP contribution in [0.5, 0.6) is 0 Å². The molecular formula is C13H23N3O3. The maximum Gasteiger partial charge on any atom is 0.410 e. The monoisotopic (exact) mass is 269 g/mol. The molecule has 3 saturated heterocycles. The van der Waals surface area contributed by atoms with Gasteiger partial charge in [0.25, 0.3) is 0 Å². The number of amides is 2. The Hall–Kier alpha value is -1.30. The number of ether oxygens (including phenoxy) is 1. The number of hydrogen-bond acceptors (Lipinski definition) is 4. The molecule has 3 aliphatic rings. The number of hydrogen-bond donors (Lipinski definition) is 1. The molecule has 0 aromatic heterocycles. The second kappa shape index (κ2) is 5.00. The third kappa shape index (κ3) is 3.37. The number of nitrogens with zero attached hydrogens (tertiary/aromatic N) is 2. The molecule has 3 fully saturated rings. The minimum Gasteiger partial charge on any atom is -0.444 e. The zero-order valence-electron chi connectivity index (χ0n) is 11.9. The molecule has 108 valence electrons. The van der Waals surface area contributed by atoms with E-state index in [2.05, 4.69) is 4.90 Å². The highest BCUT2D eigenvalue weighted by Gasteiger charge is 2.48. The van der Waals surface area contributed by atoms with E-state index in [1.54, 1.807) is 0 Å². The van der Waals surface area contributed by atoms with Gasteiger partial charge < -0.3 is 10.5 Å². The van der Waals surface area contributed by atoms with E-state index in [0.717, 1.165) is 19.5 Å². The molecule has 2 bridgehead atoms. The summed E-state index contributed by atoms with van der Waals surface area (Å²) >= 11 is 0. The number of piperazine rings is 1. The van der Waals surface area contributed by atoms with Gasteiger partial charge in [0, 0.05) is 26.1 Å². The van der Waals surface area contributed by atoms with Crippen molar-refractivity contribution < 1.29 is 14.3 Å². The molecule has 2 unspecified atom stereocenters. The lowest BCUT2D eigenvalue weighted by Gasteiger charge is -2.55. The zero-order chi connectivity index (χ0) is 14.2. The minimum absolute atomic E-state index is 0.219. The normalized spacial score (nSPS) is 26.8. The van der Waals surface area contributed by atoms with Crippen LogP contribution in [0.1, 0.15) is 33.6 Å². The molecule has 0 radical (unpaired) electrons. The third-order valence-electron chi connectivity index (χ3n) is 3.55. The molecule has 0 aliphatic carbocycles. The molecule has 0 spiro atoms. The summed E-state index contributed by atoms with van der Waals surface area (Å²) in [5.74, 6) is -0.275. The maximum absolute atomic E-state index is 12.0. The van der Waals surface area contributed by atoms with Crippen LogP contribution >= 0.6 is 0 Å². The first-order chi connectivity index (χ1) is 8.76. The maximum atomic E-state index is 12.0. The Balaban J connectivity index is 1.83. The van der Waals surface area contributed by atoms with Crippen LogP contribution in [-0.4, -0.2) is 59.1 Å². The lowest BCUT2D eigenvalue weighted by Crippen LogP contribution is -2.70. The Bertz CT molecular complexity index is 366. The Morgan fingerprint density at radius 3 is 2.32 bits per heavy atom. The molecule has 3 rings (SSSR count). The van der Waals surface area contributed by atoms with Crippen molar-refractivity contribution in [1.82, 2.24) is 9.80 Å². The summed E-state index contributed by atoms with van der Waals surface area (Å²) in [6.07, 6.45) is 1.20. The Morgan fingerprint density at radius 2 is 1.84 bits per heavy atom. The zero-order valence-corrected chi connectivity index (χ0v) is 11.9. The van der Waals surface area contributed by atoms with Crippen molar-refractivity contribution in [3.8, 4) is 0 Å². The molecule has 2 amide bonds. The van der Waals surface area contributed by atoms with Crippen molar-refractivity contribution in [2.45, 2.75) is 51.3 Å². The fourth-order valence-corrected chi connectivity index (χ4v) is 2.76. The first-order valence-corrected chi connectivity index (χ1v) is 6.78. The van der Waals surface area contributed by atoms with Gasteiger partial charge in [0.2, 0.25) is 5.91 Å². The highest BCUT2D eigenvalue weighted by atomic mass is 16.6. The van der Waals surface area contributed by atoms with Crippen molar-refractivity contribution in [2.24, 2.45) is 5.73 Å². The molecular weight excluding hydrogens is 246 g/mol. The van der Waals surface area contributed by atoms with E-state index in [1.165, 1.54) is 0 Å². The standard InChI is InChI=1S/C13H23N3O3/c1-13(2,3)19-12(18)16-9-6-10(16)8-15(7-9)5-4-11(14)17/h9-10H,4-8H2,1-3H3,(H2,14,17). The van der Waals surface area contributed by atoms with Crippen LogP contribution in [0.2, 0.25) is 0 Å². The molecule has 6 heteroatoms.